The number of hydrogen-bond donors (Lipinski definition) is 1. The van der Waals surface area contributed by atoms with Gasteiger partial charge in [0.2, 0.25) is 0 Å². The fourth-order valence-corrected chi connectivity index (χ4v) is 0.686. The van der Waals surface area contributed by atoms with Crippen LogP contribution in [-0.4, -0.2) is 10.1 Å². The Morgan fingerprint density at radius 1 is 1.40 bits per heavy atom. The Balaban J connectivity index is 0.000000810. The van der Waals surface area contributed by atoms with E-state index in [0.717, 1.165) is 5.56 Å². The molecule has 0 unspecified atom stereocenters. The van der Waals surface area contributed by atoms with E-state index in [1.807, 2.05) is 6.92 Å². The van der Waals surface area contributed by atoms with Gasteiger partial charge in [0.1, 0.15) is 5.75 Å². The second-order valence-electron chi connectivity index (χ2n) is 2.06. The fourth-order valence-electron chi connectivity index (χ4n) is 0.686. The van der Waals surface area contributed by atoms with Gasteiger partial charge in [-0.15, -0.1) is 12.4 Å². The second-order valence-corrected chi connectivity index (χ2v) is 2.06. The van der Waals surface area contributed by atoms with Crippen LogP contribution in [0.2, 0.25) is 0 Å². The largest absolute Gasteiger partial charge is 0.506 e. The normalized spacial score (nSPS) is 8.60. The first-order valence-electron chi connectivity index (χ1n) is 2.83. The van der Waals surface area contributed by atoms with Crippen LogP contribution in [0, 0.1) is 13.8 Å². The van der Waals surface area contributed by atoms with Crippen molar-refractivity contribution in [3.63, 3.8) is 0 Å². The zero-order chi connectivity index (χ0) is 6.85. The summed E-state index contributed by atoms with van der Waals surface area (Å²) in [6, 6.07) is 1.78. The molecule has 0 aromatic carbocycles. The minimum atomic E-state index is 0. The fraction of sp³-hybridized carbons (Fsp3) is 0.286. The third-order valence-electron chi connectivity index (χ3n) is 1.31. The van der Waals surface area contributed by atoms with Gasteiger partial charge in [-0.05, 0) is 25.5 Å². The Morgan fingerprint density at radius 2 is 2.00 bits per heavy atom. The van der Waals surface area contributed by atoms with E-state index in [4.69, 9.17) is 5.11 Å². The predicted octanol–water partition coefficient (Wildman–Crippen LogP) is 1.83. The minimum absolute atomic E-state index is 0. The summed E-state index contributed by atoms with van der Waals surface area (Å²) in [7, 11) is 0. The molecule has 1 aromatic rings. The lowest BCUT2D eigenvalue weighted by molar-refractivity contribution is 0.463. The highest BCUT2D eigenvalue weighted by atomic mass is 35.5. The number of pyridine rings is 1. The van der Waals surface area contributed by atoms with Crippen LogP contribution in [0.15, 0.2) is 12.3 Å². The van der Waals surface area contributed by atoms with Crippen molar-refractivity contribution in [2.45, 2.75) is 13.8 Å². The van der Waals surface area contributed by atoms with Crippen molar-refractivity contribution in [2.75, 3.05) is 0 Å². The Bertz CT molecular complexity index is 205. The smallest absolute Gasteiger partial charge is 0.139 e. The summed E-state index contributed by atoms with van der Waals surface area (Å²) in [5.41, 5.74) is 1.57. The quantitative estimate of drug-likeness (QED) is 0.627. The van der Waals surface area contributed by atoms with Gasteiger partial charge in [-0.25, -0.2) is 0 Å². The topological polar surface area (TPSA) is 33.1 Å². The van der Waals surface area contributed by atoms with Crippen molar-refractivity contribution >= 4 is 12.4 Å². The Kier molecular flexibility index (Phi) is 3.16. The molecule has 0 atom stereocenters. The zero-order valence-corrected chi connectivity index (χ0v) is 6.77. The summed E-state index contributed by atoms with van der Waals surface area (Å²) in [5.74, 6) is 0.303. The summed E-state index contributed by atoms with van der Waals surface area (Å²) in [5, 5.41) is 9.14. The third-order valence-corrected chi connectivity index (χ3v) is 1.31. The maximum atomic E-state index is 9.14. The first kappa shape index (κ1) is 9.24. The number of hydrogen-bond acceptors (Lipinski definition) is 2. The molecule has 0 aliphatic rings. The molecule has 2 nitrogen and oxygen atoms in total. The number of aromatic nitrogens is 1. The molecule has 0 saturated carbocycles. The van der Waals surface area contributed by atoms with Gasteiger partial charge in [-0.2, -0.15) is 0 Å². The van der Waals surface area contributed by atoms with Crippen LogP contribution in [0.3, 0.4) is 0 Å². The maximum Gasteiger partial charge on any atom is 0.139 e. The third kappa shape index (κ3) is 1.61. The summed E-state index contributed by atoms with van der Waals surface area (Å²) in [4.78, 5) is 3.89. The Hall–Kier alpha value is -0.760. The van der Waals surface area contributed by atoms with Gasteiger partial charge in [0, 0.05) is 6.20 Å². The molecule has 0 fully saturated rings. The minimum Gasteiger partial charge on any atom is -0.506 e. The summed E-state index contributed by atoms with van der Waals surface area (Å²) >= 11 is 0. The van der Waals surface area contributed by atoms with E-state index in [1.54, 1.807) is 19.2 Å². The van der Waals surface area contributed by atoms with Crippen LogP contribution in [0.5, 0.6) is 5.75 Å². The average molecular weight is 160 g/mol. The molecule has 1 rings (SSSR count). The zero-order valence-electron chi connectivity index (χ0n) is 5.96. The molecule has 1 N–H and O–H groups in total. The summed E-state index contributed by atoms with van der Waals surface area (Å²) in [6.45, 7) is 3.63. The lowest BCUT2D eigenvalue weighted by Gasteiger charge is -1.98. The van der Waals surface area contributed by atoms with E-state index in [1.165, 1.54) is 0 Å². The van der Waals surface area contributed by atoms with Gasteiger partial charge >= 0.3 is 0 Å². The summed E-state index contributed by atoms with van der Waals surface area (Å²) < 4.78 is 0. The molecule has 0 saturated heterocycles. The van der Waals surface area contributed by atoms with Crippen molar-refractivity contribution in [3.05, 3.63) is 23.5 Å². The first-order chi connectivity index (χ1) is 4.22. The van der Waals surface area contributed by atoms with Crippen LogP contribution in [0.1, 0.15) is 11.3 Å². The molecule has 0 amide bonds. The molecule has 1 aromatic heterocycles. The van der Waals surface area contributed by atoms with E-state index in [9.17, 15) is 0 Å². The van der Waals surface area contributed by atoms with Crippen molar-refractivity contribution < 1.29 is 5.11 Å². The average Bonchev–Trinajstić information content (AvgIpc) is 1.83. The maximum absolute atomic E-state index is 9.14. The number of aryl methyl sites for hydroxylation is 2. The Labute approximate surface area is 66.3 Å². The summed E-state index contributed by atoms with van der Waals surface area (Å²) in [6.07, 6.45) is 1.68. The highest BCUT2D eigenvalue weighted by molar-refractivity contribution is 5.85. The van der Waals surface area contributed by atoms with E-state index >= 15 is 0 Å². The molecule has 10 heavy (non-hydrogen) atoms. The molecule has 0 aliphatic heterocycles. The molecule has 0 radical (unpaired) electrons. The van der Waals surface area contributed by atoms with Gasteiger partial charge in [0.25, 0.3) is 0 Å². The number of halogens is 1. The molecule has 0 bridgehead atoms. The number of rotatable bonds is 0. The lowest BCUT2D eigenvalue weighted by atomic mass is 10.2. The standard InChI is InChI=1S/C7H9NO.ClH/c1-5-3-4-8-6(2)7(5)9;/h3-4,9H,1-2H3;1H. The van der Waals surface area contributed by atoms with E-state index < -0.39 is 0 Å². The van der Waals surface area contributed by atoms with Gasteiger partial charge in [-0.3, -0.25) is 4.98 Å². The number of nitrogens with zero attached hydrogens (tertiary/aromatic N) is 1. The van der Waals surface area contributed by atoms with E-state index in [-0.39, 0.29) is 12.4 Å². The van der Waals surface area contributed by atoms with Crippen molar-refractivity contribution in [3.8, 4) is 5.75 Å². The Morgan fingerprint density at radius 3 is 2.40 bits per heavy atom. The molecular weight excluding hydrogens is 150 g/mol. The van der Waals surface area contributed by atoms with Gasteiger partial charge < -0.3 is 5.11 Å². The molecule has 0 spiro atoms. The van der Waals surface area contributed by atoms with Gasteiger partial charge in [0.05, 0.1) is 5.69 Å². The van der Waals surface area contributed by atoms with Crippen molar-refractivity contribution in [1.29, 1.82) is 0 Å². The molecule has 56 valence electrons. The van der Waals surface area contributed by atoms with E-state index in [0.29, 0.717) is 11.4 Å². The SMILES string of the molecule is Cc1ccnc(C)c1O.Cl. The van der Waals surface area contributed by atoms with Crippen LogP contribution in [0.4, 0.5) is 0 Å². The molecule has 0 aliphatic carbocycles. The molecule has 3 heteroatoms. The van der Waals surface area contributed by atoms with Gasteiger partial charge in [0.15, 0.2) is 0 Å². The molecular formula is C7H10ClNO. The second kappa shape index (κ2) is 3.42. The van der Waals surface area contributed by atoms with Crippen molar-refractivity contribution in [2.24, 2.45) is 0 Å². The van der Waals surface area contributed by atoms with Crippen LogP contribution >= 0.6 is 12.4 Å². The first-order valence-corrected chi connectivity index (χ1v) is 2.83. The van der Waals surface area contributed by atoms with Crippen LogP contribution < -0.4 is 0 Å². The molecule has 1 heterocycles. The van der Waals surface area contributed by atoms with Gasteiger partial charge in [-0.1, -0.05) is 0 Å². The highest BCUT2D eigenvalue weighted by Crippen LogP contribution is 2.16. The highest BCUT2D eigenvalue weighted by Gasteiger charge is 1.96. The van der Waals surface area contributed by atoms with Crippen molar-refractivity contribution in [1.82, 2.24) is 4.98 Å². The lowest BCUT2D eigenvalue weighted by Crippen LogP contribution is -1.82. The van der Waals surface area contributed by atoms with Crippen LogP contribution in [-0.2, 0) is 0 Å². The number of aromatic hydroxyl groups is 1. The van der Waals surface area contributed by atoms with E-state index in [2.05, 4.69) is 4.98 Å². The monoisotopic (exact) mass is 159 g/mol. The van der Waals surface area contributed by atoms with Crippen LogP contribution in [0.25, 0.3) is 0 Å². The predicted molar refractivity (Wildman–Crippen MR) is 42.6 cm³/mol.